The molecule has 0 saturated heterocycles. The number of carbonyl (C=O) groups is 1. The predicted octanol–water partition coefficient (Wildman–Crippen LogP) is 1.75. The quantitative estimate of drug-likeness (QED) is 0.866. The highest BCUT2D eigenvalue weighted by molar-refractivity contribution is 7.93. The Bertz CT molecular complexity index is 693. The van der Waals surface area contributed by atoms with Crippen LogP contribution in [0.4, 0.5) is 0 Å². The number of sulfonamides is 1. The second-order valence-corrected chi connectivity index (χ2v) is 7.96. The Morgan fingerprint density at radius 2 is 1.95 bits per heavy atom. The lowest BCUT2D eigenvalue weighted by molar-refractivity contribution is -0.118. The van der Waals surface area contributed by atoms with Gasteiger partial charge < -0.3 is 5.73 Å². The van der Waals surface area contributed by atoms with Crippen molar-refractivity contribution < 1.29 is 13.2 Å². The van der Waals surface area contributed by atoms with E-state index in [1.54, 1.807) is 6.08 Å². The molecule has 2 N–H and O–H groups in total. The number of primary amides is 1. The zero-order valence-corrected chi connectivity index (χ0v) is 13.8. The van der Waals surface area contributed by atoms with Crippen LogP contribution in [0.2, 0.25) is 0 Å². The molecule has 1 aliphatic carbocycles. The van der Waals surface area contributed by atoms with Gasteiger partial charge in [-0.05, 0) is 36.0 Å². The highest BCUT2D eigenvalue weighted by atomic mass is 32.2. The van der Waals surface area contributed by atoms with E-state index in [0.29, 0.717) is 17.7 Å². The average Bonchev–Trinajstić information content (AvgIpc) is 2.45. The van der Waals surface area contributed by atoms with Crippen LogP contribution >= 0.6 is 0 Å². The fraction of sp³-hybridized carbons (Fsp3) is 0.438. The van der Waals surface area contributed by atoms with E-state index in [9.17, 15) is 13.2 Å². The summed E-state index contributed by atoms with van der Waals surface area (Å²) in [4.78, 5) is 11.6. The number of hydrogen-bond donors (Lipinski definition) is 1. The maximum atomic E-state index is 12.8. The number of fused-ring (bicyclic) bond motifs is 1. The van der Waals surface area contributed by atoms with E-state index in [1.165, 1.54) is 4.31 Å². The molecule has 1 amide bonds. The molecule has 1 aromatic carbocycles. The zero-order chi connectivity index (χ0) is 16.3. The van der Waals surface area contributed by atoms with Crippen molar-refractivity contribution in [3.8, 4) is 0 Å². The fourth-order valence-electron chi connectivity index (χ4n) is 2.60. The van der Waals surface area contributed by atoms with Gasteiger partial charge in [-0.25, -0.2) is 8.42 Å². The molecule has 0 aromatic heterocycles. The van der Waals surface area contributed by atoms with Crippen LogP contribution in [-0.2, 0) is 21.2 Å². The van der Waals surface area contributed by atoms with Crippen LogP contribution in [0.5, 0.6) is 0 Å². The van der Waals surface area contributed by atoms with Crippen molar-refractivity contribution >= 4 is 22.0 Å². The van der Waals surface area contributed by atoms with E-state index in [1.807, 2.05) is 38.1 Å². The number of nitrogens with zero attached hydrogens (tertiary/aromatic N) is 1. The van der Waals surface area contributed by atoms with E-state index in [0.717, 1.165) is 11.1 Å². The van der Waals surface area contributed by atoms with Gasteiger partial charge in [0, 0.05) is 6.54 Å². The van der Waals surface area contributed by atoms with Crippen molar-refractivity contribution in [2.24, 2.45) is 11.7 Å². The van der Waals surface area contributed by atoms with Gasteiger partial charge in [-0.3, -0.25) is 4.79 Å². The minimum atomic E-state index is -3.66. The minimum Gasteiger partial charge on any atom is -0.369 e. The Kier molecular flexibility index (Phi) is 5.03. The van der Waals surface area contributed by atoms with Crippen molar-refractivity contribution in [2.75, 3.05) is 13.1 Å². The van der Waals surface area contributed by atoms with E-state index in [4.69, 9.17) is 5.73 Å². The Morgan fingerprint density at radius 1 is 1.27 bits per heavy atom. The number of aryl methyl sites for hydroxylation is 1. The maximum Gasteiger partial charge on any atom is 0.239 e. The minimum absolute atomic E-state index is 0.116. The molecule has 1 aromatic rings. The van der Waals surface area contributed by atoms with Crippen molar-refractivity contribution in [1.29, 1.82) is 0 Å². The number of amides is 1. The van der Waals surface area contributed by atoms with Gasteiger partial charge in [-0.1, -0.05) is 38.1 Å². The number of hydrogen-bond acceptors (Lipinski definition) is 3. The van der Waals surface area contributed by atoms with Crippen LogP contribution in [0.15, 0.2) is 29.2 Å². The highest BCUT2D eigenvalue weighted by Gasteiger charge is 2.30. The number of benzene rings is 1. The average molecular weight is 322 g/mol. The van der Waals surface area contributed by atoms with Gasteiger partial charge in [-0.15, -0.1) is 0 Å². The third kappa shape index (κ3) is 3.75. The largest absolute Gasteiger partial charge is 0.369 e. The van der Waals surface area contributed by atoms with Gasteiger partial charge in [0.25, 0.3) is 0 Å². The monoisotopic (exact) mass is 322 g/mol. The lowest BCUT2D eigenvalue weighted by Crippen LogP contribution is -2.41. The number of rotatable bonds is 6. The molecule has 1 aliphatic rings. The third-order valence-corrected chi connectivity index (χ3v) is 5.53. The fourth-order valence-corrected chi connectivity index (χ4v) is 4.36. The molecule has 0 bridgehead atoms. The molecule has 0 atom stereocenters. The number of carbonyl (C=O) groups excluding carboxylic acids is 1. The molecule has 0 heterocycles. The summed E-state index contributed by atoms with van der Waals surface area (Å²) in [5.74, 6) is -0.522. The van der Waals surface area contributed by atoms with E-state index in [2.05, 4.69) is 0 Å². The first kappa shape index (κ1) is 16.7. The molecule has 120 valence electrons. The van der Waals surface area contributed by atoms with Gasteiger partial charge in [0.05, 0.1) is 11.4 Å². The van der Waals surface area contributed by atoms with Crippen LogP contribution in [0.25, 0.3) is 6.08 Å². The highest BCUT2D eigenvalue weighted by Crippen LogP contribution is 2.29. The standard InChI is InChI=1S/C16H22N2O3S/c1-12(2)10-18(11-16(17)19)22(20,21)15-8-7-13-5-3-4-6-14(13)9-15/h3-6,9,12H,7-8,10-11H2,1-2H3,(H2,17,19). The van der Waals surface area contributed by atoms with Gasteiger partial charge in [0.15, 0.2) is 0 Å². The van der Waals surface area contributed by atoms with E-state index in [-0.39, 0.29) is 19.0 Å². The predicted molar refractivity (Wildman–Crippen MR) is 87.3 cm³/mol. The summed E-state index contributed by atoms with van der Waals surface area (Å²) in [5, 5.41) is 0. The molecule has 0 aliphatic heterocycles. The first-order valence-electron chi connectivity index (χ1n) is 7.37. The van der Waals surface area contributed by atoms with Gasteiger partial charge in [-0.2, -0.15) is 4.31 Å². The number of nitrogens with two attached hydrogens (primary N) is 1. The summed E-state index contributed by atoms with van der Waals surface area (Å²) < 4.78 is 26.8. The van der Waals surface area contributed by atoms with Gasteiger partial charge in [0.2, 0.25) is 15.9 Å². The molecule has 0 radical (unpaired) electrons. The van der Waals surface area contributed by atoms with Crippen molar-refractivity contribution in [2.45, 2.75) is 26.7 Å². The smallest absolute Gasteiger partial charge is 0.239 e. The molecule has 2 rings (SSSR count). The molecule has 0 fully saturated rings. The van der Waals surface area contributed by atoms with Gasteiger partial charge in [0.1, 0.15) is 0 Å². The van der Waals surface area contributed by atoms with Crippen LogP contribution < -0.4 is 5.73 Å². The Morgan fingerprint density at radius 3 is 2.59 bits per heavy atom. The summed E-state index contributed by atoms with van der Waals surface area (Å²) in [6.07, 6.45) is 2.85. The zero-order valence-electron chi connectivity index (χ0n) is 13.0. The SMILES string of the molecule is CC(C)CN(CC(N)=O)S(=O)(=O)C1=Cc2ccccc2CC1. The van der Waals surface area contributed by atoms with E-state index >= 15 is 0 Å². The van der Waals surface area contributed by atoms with Crippen LogP contribution in [0.3, 0.4) is 0 Å². The summed E-state index contributed by atoms with van der Waals surface area (Å²) in [6, 6.07) is 7.75. The lowest BCUT2D eigenvalue weighted by Gasteiger charge is -2.26. The molecule has 22 heavy (non-hydrogen) atoms. The maximum absolute atomic E-state index is 12.8. The molecular formula is C16H22N2O3S. The van der Waals surface area contributed by atoms with Crippen molar-refractivity contribution in [3.05, 3.63) is 40.3 Å². The van der Waals surface area contributed by atoms with Gasteiger partial charge >= 0.3 is 0 Å². The molecule has 6 heteroatoms. The van der Waals surface area contributed by atoms with Crippen molar-refractivity contribution in [1.82, 2.24) is 4.31 Å². The Labute approximate surface area is 131 Å². The second-order valence-electron chi connectivity index (χ2n) is 5.97. The topological polar surface area (TPSA) is 80.5 Å². The summed E-state index contributed by atoms with van der Waals surface area (Å²) >= 11 is 0. The van der Waals surface area contributed by atoms with Crippen LogP contribution in [-0.4, -0.2) is 31.7 Å². The second kappa shape index (κ2) is 6.62. The Balaban J connectivity index is 2.36. The van der Waals surface area contributed by atoms with E-state index < -0.39 is 15.9 Å². The molecule has 5 nitrogen and oxygen atoms in total. The van der Waals surface area contributed by atoms with Crippen molar-refractivity contribution in [3.63, 3.8) is 0 Å². The molecule has 0 unspecified atom stereocenters. The first-order valence-corrected chi connectivity index (χ1v) is 8.81. The molecule has 0 saturated carbocycles. The lowest BCUT2D eigenvalue weighted by atomic mass is 9.98. The third-order valence-electron chi connectivity index (χ3n) is 3.58. The summed E-state index contributed by atoms with van der Waals surface area (Å²) in [6.45, 7) is 3.83. The first-order chi connectivity index (χ1) is 10.3. The summed E-state index contributed by atoms with van der Waals surface area (Å²) in [7, 11) is -3.66. The summed E-state index contributed by atoms with van der Waals surface area (Å²) in [5.41, 5.74) is 7.28. The Hall–Kier alpha value is -1.66. The number of allylic oxidation sites excluding steroid dienone is 1. The van der Waals surface area contributed by atoms with Crippen LogP contribution in [0, 0.1) is 5.92 Å². The van der Waals surface area contributed by atoms with Crippen LogP contribution in [0.1, 0.15) is 31.4 Å². The molecule has 0 spiro atoms. The molecular weight excluding hydrogens is 300 g/mol. The normalized spacial score (nSPS) is 14.8.